The van der Waals surface area contributed by atoms with Gasteiger partial charge in [0.2, 0.25) is 0 Å². The van der Waals surface area contributed by atoms with Crippen LogP contribution >= 0.6 is 0 Å². The van der Waals surface area contributed by atoms with Gasteiger partial charge in [-0.2, -0.15) is 5.06 Å². The summed E-state index contributed by atoms with van der Waals surface area (Å²) in [6, 6.07) is 17.9. The van der Waals surface area contributed by atoms with E-state index in [4.69, 9.17) is 14.3 Å². The van der Waals surface area contributed by atoms with Crippen molar-refractivity contribution in [3.63, 3.8) is 0 Å². The Morgan fingerprint density at radius 3 is 2.45 bits per heavy atom. The van der Waals surface area contributed by atoms with E-state index in [0.29, 0.717) is 26.2 Å². The molecule has 2 amide bonds. The number of hydrogen-bond acceptors (Lipinski definition) is 4. The van der Waals surface area contributed by atoms with Gasteiger partial charge in [0.05, 0.1) is 6.54 Å². The van der Waals surface area contributed by atoms with E-state index in [-0.39, 0.29) is 12.3 Å². The predicted molar refractivity (Wildman–Crippen MR) is 111 cm³/mol. The Balaban J connectivity index is 1.52. The third-order valence-electron chi connectivity index (χ3n) is 4.75. The number of carbonyl (C=O) groups is 1. The Bertz CT molecular complexity index is 743. The maximum atomic E-state index is 12.5. The van der Waals surface area contributed by atoms with Crippen LogP contribution in [0.5, 0.6) is 5.75 Å². The predicted octanol–water partition coefficient (Wildman–Crippen LogP) is 4.25. The molecule has 1 heterocycles. The Kier molecular flexibility index (Phi) is 7.90. The molecular formula is C23H30N2O4. The molecule has 0 bridgehead atoms. The van der Waals surface area contributed by atoms with Crippen LogP contribution in [-0.2, 0) is 22.6 Å². The fourth-order valence-electron chi connectivity index (χ4n) is 3.08. The Hall–Kier alpha value is -2.57. The molecule has 29 heavy (non-hydrogen) atoms. The van der Waals surface area contributed by atoms with Crippen molar-refractivity contribution in [2.45, 2.75) is 38.6 Å². The molecule has 1 unspecified atom stereocenters. The third kappa shape index (κ3) is 6.76. The monoisotopic (exact) mass is 398 g/mol. The zero-order valence-corrected chi connectivity index (χ0v) is 17.3. The van der Waals surface area contributed by atoms with E-state index in [1.807, 2.05) is 54.6 Å². The molecule has 1 saturated heterocycles. The first-order chi connectivity index (χ1) is 14.1. The third-order valence-corrected chi connectivity index (χ3v) is 4.75. The van der Waals surface area contributed by atoms with Crippen LogP contribution in [0.1, 0.15) is 30.4 Å². The number of carbonyl (C=O) groups excluding carboxylic acids is 1. The molecular weight excluding hydrogens is 368 g/mol. The Morgan fingerprint density at radius 2 is 1.79 bits per heavy atom. The molecule has 1 atom stereocenters. The van der Waals surface area contributed by atoms with Crippen LogP contribution in [0.2, 0.25) is 0 Å². The minimum absolute atomic E-state index is 0.179. The van der Waals surface area contributed by atoms with Gasteiger partial charge >= 0.3 is 6.03 Å². The molecule has 2 aromatic carbocycles. The second kappa shape index (κ2) is 10.8. The lowest BCUT2D eigenvalue weighted by atomic mass is 10.1. The molecule has 6 nitrogen and oxygen atoms in total. The van der Waals surface area contributed by atoms with Gasteiger partial charge < -0.3 is 14.4 Å². The largest absolute Gasteiger partial charge is 0.489 e. The van der Waals surface area contributed by atoms with Crippen molar-refractivity contribution < 1.29 is 19.1 Å². The molecule has 156 valence electrons. The number of rotatable bonds is 8. The lowest BCUT2D eigenvalue weighted by molar-refractivity contribution is -0.268. The normalized spacial score (nSPS) is 16.3. The summed E-state index contributed by atoms with van der Waals surface area (Å²) in [4.78, 5) is 19.8. The molecule has 2 aromatic rings. The first-order valence-corrected chi connectivity index (χ1v) is 10.1. The molecule has 0 saturated carbocycles. The lowest BCUT2D eigenvalue weighted by Crippen LogP contribution is -2.43. The minimum atomic E-state index is -0.346. The van der Waals surface area contributed by atoms with Gasteiger partial charge in [0.1, 0.15) is 12.4 Å². The average molecular weight is 399 g/mol. The number of hydroxylamine groups is 2. The maximum Gasteiger partial charge on any atom is 0.343 e. The summed E-state index contributed by atoms with van der Waals surface area (Å²) in [7, 11) is 3.44. The van der Waals surface area contributed by atoms with Crippen molar-refractivity contribution >= 4 is 6.03 Å². The van der Waals surface area contributed by atoms with Gasteiger partial charge in [-0.15, -0.1) is 0 Å². The zero-order chi connectivity index (χ0) is 20.5. The quantitative estimate of drug-likeness (QED) is 0.624. The maximum absolute atomic E-state index is 12.5. The second-order valence-corrected chi connectivity index (χ2v) is 7.35. The van der Waals surface area contributed by atoms with Gasteiger partial charge in [0.15, 0.2) is 6.29 Å². The zero-order valence-electron chi connectivity index (χ0n) is 17.3. The highest BCUT2D eigenvalue weighted by Gasteiger charge is 2.23. The number of ether oxygens (including phenoxy) is 2. The van der Waals surface area contributed by atoms with E-state index < -0.39 is 0 Å². The first kappa shape index (κ1) is 21.1. The summed E-state index contributed by atoms with van der Waals surface area (Å²) >= 11 is 0. The topological polar surface area (TPSA) is 51.2 Å². The Morgan fingerprint density at radius 1 is 1.03 bits per heavy atom. The fraction of sp³-hybridized carbons (Fsp3) is 0.435. The molecule has 0 aromatic heterocycles. The highest BCUT2D eigenvalue weighted by atomic mass is 16.8. The summed E-state index contributed by atoms with van der Waals surface area (Å²) < 4.78 is 11.4. The summed E-state index contributed by atoms with van der Waals surface area (Å²) in [5, 5.41) is 1.41. The van der Waals surface area contributed by atoms with Gasteiger partial charge in [0, 0.05) is 27.1 Å². The van der Waals surface area contributed by atoms with Crippen LogP contribution in [0.25, 0.3) is 0 Å². The number of benzene rings is 2. The number of hydrogen-bond donors (Lipinski definition) is 0. The molecule has 0 N–H and O–H groups in total. The van der Waals surface area contributed by atoms with Crippen molar-refractivity contribution in [1.29, 1.82) is 0 Å². The highest BCUT2D eigenvalue weighted by Crippen LogP contribution is 2.18. The summed E-state index contributed by atoms with van der Waals surface area (Å²) in [5.41, 5.74) is 2.25. The molecule has 0 radical (unpaired) electrons. The standard InChI is InChI=1S/C23H30N2O4/c1-24(2)23(26)25(29-22-10-6-7-17-27-22)16-15-19-11-13-21(14-12-19)28-18-20-8-4-3-5-9-20/h3-5,8-9,11-14,22H,6-7,10,15-18H2,1-2H3. The van der Waals surface area contributed by atoms with Gasteiger partial charge in [-0.3, -0.25) is 0 Å². The molecule has 1 aliphatic rings. The first-order valence-electron chi connectivity index (χ1n) is 10.1. The van der Waals surface area contributed by atoms with Gasteiger partial charge in [-0.1, -0.05) is 42.5 Å². The smallest absolute Gasteiger partial charge is 0.343 e. The van der Waals surface area contributed by atoms with E-state index in [9.17, 15) is 4.79 Å². The van der Waals surface area contributed by atoms with Crippen LogP contribution in [0.4, 0.5) is 4.79 Å². The number of nitrogens with zero attached hydrogens (tertiary/aromatic N) is 2. The van der Waals surface area contributed by atoms with E-state index in [0.717, 1.165) is 36.1 Å². The number of amides is 2. The van der Waals surface area contributed by atoms with E-state index >= 15 is 0 Å². The number of urea groups is 1. The van der Waals surface area contributed by atoms with Crippen molar-refractivity contribution in [1.82, 2.24) is 9.96 Å². The fourth-order valence-corrected chi connectivity index (χ4v) is 3.08. The minimum Gasteiger partial charge on any atom is -0.489 e. The van der Waals surface area contributed by atoms with E-state index in [1.54, 1.807) is 14.1 Å². The van der Waals surface area contributed by atoms with Crippen molar-refractivity contribution in [2.75, 3.05) is 27.2 Å². The van der Waals surface area contributed by atoms with Crippen LogP contribution in [0.15, 0.2) is 54.6 Å². The van der Waals surface area contributed by atoms with Crippen LogP contribution in [-0.4, -0.2) is 49.5 Å². The lowest BCUT2D eigenvalue weighted by Gasteiger charge is -2.31. The summed E-state index contributed by atoms with van der Waals surface area (Å²) in [6.45, 7) is 1.68. The molecule has 6 heteroatoms. The van der Waals surface area contributed by atoms with Crippen molar-refractivity contribution in [3.8, 4) is 5.75 Å². The van der Waals surface area contributed by atoms with E-state index in [2.05, 4.69) is 0 Å². The van der Waals surface area contributed by atoms with Crippen LogP contribution in [0, 0.1) is 0 Å². The van der Waals surface area contributed by atoms with Crippen molar-refractivity contribution in [3.05, 3.63) is 65.7 Å². The molecule has 0 spiro atoms. The second-order valence-electron chi connectivity index (χ2n) is 7.35. The highest BCUT2D eigenvalue weighted by molar-refractivity contribution is 5.72. The summed E-state index contributed by atoms with van der Waals surface area (Å²) in [5.74, 6) is 0.825. The van der Waals surface area contributed by atoms with Gasteiger partial charge in [-0.05, 0) is 42.5 Å². The van der Waals surface area contributed by atoms with Gasteiger partial charge in [-0.25, -0.2) is 9.63 Å². The SMILES string of the molecule is CN(C)C(=O)N(CCc1ccc(OCc2ccccc2)cc1)OC1CCCCO1. The Labute approximate surface area is 172 Å². The van der Waals surface area contributed by atoms with Gasteiger partial charge in [0.25, 0.3) is 0 Å². The summed E-state index contributed by atoms with van der Waals surface area (Å²) in [6.07, 6.45) is 3.25. The van der Waals surface area contributed by atoms with Crippen LogP contribution in [0.3, 0.4) is 0 Å². The molecule has 1 aliphatic heterocycles. The molecule has 1 fully saturated rings. The molecule has 0 aliphatic carbocycles. The average Bonchev–Trinajstić information content (AvgIpc) is 2.77. The molecule has 3 rings (SSSR count). The van der Waals surface area contributed by atoms with Crippen molar-refractivity contribution in [2.24, 2.45) is 0 Å². The van der Waals surface area contributed by atoms with Crippen LogP contribution < -0.4 is 4.74 Å². The van der Waals surface area contributed by atoms with E-state index in [1.165, 1.54) is 9.96 Å².